The Balaban J connectivity index is 2.34. The standard InChI is InChI=1S/C11H17FN2/c1-14(9-7-13)8-6-10-2-4-11(12)5-3-10/h2-5H,6-9,13H2,1H3. The Labute approximate surface area is 84.5 Å². The molecule has 0 saturated carbocycles. The molecule has 0 saturated heterocycles. The second-order valence-corrected chi connectivity index (χ2v) is 3.47. The molecule has 0 aliphatic rings. The van der Waals surface area contributed by atoms with E-state index in [9.17, 15) is 4.39 Å². The molecule has 2 N–H and O–H groups in total. The Morgan fingerprint density at radius 3 is 2.43 bits per heavy atom. The Morgan fingerprint density at radius 1 is 1.21 bits per heavy atom. The van der Waals surface area contributed by atoms with Crippen molar-refractivity contribution in [3.05, 3.63) is 35.6 Å². The van der Waals surface area contributed by atoms with Gasteiger partial charge in [-0.3, -0.25) is 0 Å². The van der Waals surface area contributed by atoms with E-state index in [1.807, 2.05) is 19.2 Å². The van der Waals surface area contributed by atoms with Crippen molar-refractivity contribution in [1.82, 2.24) is 4.90 Å². The van der Waals surface area contributed by atoms with Gasteiger partial charge in [-0.15, -0.1) is 0 Å². The summed E-state index contributed by atoms with van der Waals surface area (Å²) in [7, 11) is 2.04. The molecule has 2 nitrogen and oxygen atoms in total. The molecule has 0 bridgehead atoms. The predicted molar refractivity (Wildman–Crippen MR) is 56.7 cm³/mol. The second kappa shape index (κ2) is 5.73. The number of likely N-dealkylation sites (N-methyl/N-ethyl adjacent to an activating group) is 1. The molecule has 0 amide bonds. The highest BCUT2D eigenvalue weighted by Gasteiger charge is 1.98. The van der Waals surface area contributed by atoms with Crippen LogP contribution in [0, 0.1) is 5.82 Å². The van der Waals surface area contributed by atoms with Gasteiger partial charge in [0.25, 0.3) is 0 Å². The molecule has 0 fully saturated rings. The fraction of sp³-hybridized carbons (Fsp3) is 0.455. The molecule has 0 aliphatic carbocycles. The van der Waals surface area contributed by atoms with Gasteiger partial charge in [-0.25, -0.2) is 4.39 Å². The SMILES string of the molecule is CN(CCN)CCc1ccc(F)cc1. The zero-order chi connectivity index (χ0) is 10.4. The van der Waals surface area contributed by atoms with Gasteiger partial charge in [0.1, 0.15) is 5.82 Å². The van der Waals surface area contributed by atoms with E-state index in [-0.39, 0.29) is 5.82 Å². The van der Waals surface area contributed by atoms with E-state index in [0.717, 1.165) is 25.1 Å². The maximum absolute atomic E-state index is 12.6. The van der Waals surface area contributed by atoms with Crippen LogP contribution in [0.4, 0.5) is 4.39 Å². The van der Waals surface area contributed by atoms with Gasteiger partial charge < -0.3 is 10.6 Å². The summed E-state index contributed by atoms with van der Waals surface area (Å²) in [5.74, 6) is -0.177. The highest BCUT2D eigenvalue weighted by atomic mass is 19.1. The van der Waals surface area contributed by atoms with E-state index in [1.54, 1.807) is 0 Å². The van der Waals surface area contributed by atoms with Crippen LogP contribution in [0.3, 0.4) is 0 Å². The third kappa shape index (κ3) is 3.85. The van der Waals surface area contributed by atoms with E-state index >= 15 is 0 Å². The van der Waals surface area contributed by atoms with Crippen molar-refractivity contribution in [2.75, 3.05) is 26.7 Å². The quantitative estimate of drug-likeness (QED) is 0.768. The van der Waals surface area contributed by atoms with E-state index in [2.05, 4.69) is 4.90 Å². The summed E-state index contributed by atoms with van der Waals surface area (Å²) >= 11 is 0. The van der Waals surface area contributed by atoms with Gasteiger partial charge in [0, 0.05) is 19.6 Å². The Kier molecular flexibility index (Phi) is 4.56. The zero-order valence-corrected chi connectivity index (χ0v) is 8.54. The van der Waals surface area contributed by atoms with Gasteiger partial charge in [0.2, 0.25) is 0 Å². The average Bonchev–Trinajstić information content (AvgIpc) is 2.17. The van der Waals surface area contributed by atoms with Crippen LogP contribution in [-0.4, -0.2) is 31.6 Å². The molecule has 14 heavy (non-hydrogen) atoms. The summed E-state index contributed by atoms with van der Waals surface area (Å²) in [4.78, 5) is 2.17. The zero-order valence-electron chi connectivity index (χ0n) is 8.54. The number of hydrogen-bond acceptors (Lipinski definition) is 2. The lowest BCUT2D eigenvalue weighted by molar-refractivity contribution is 0.348. The Bertz CT molecular complexity index is 258. The van der Waals surface area contributed by atoms with Crippen molar-refractivity contribution in [3.8, 4) is 0 Å². The Hall–Kier alpha value is -0.930. The lowest BCUT2D eigenvalue weighted by Crippen LogP contribution is -2.27. The minimum atomic E-state index is -0.177. The topological polar surface area (TPSA) is 29.3 Å². The van der Waals surface area contributed by atoms with Crippen molar-refractivity contribution >= 4 is 0 Å². The van der Waals surface area contributed by atoms with Gasteiger partial charge in [0.15, 0.2) is 0 Å². The molecule has 0 unspecified atom stereocenters. The molecule has 1 aromatic carbocycles. The fourth-order valence-electron chi connectivity index (χ4n) is 1.30. The molecule has 0 heterocycles. The monoisotopic (exact) mass is 196 g/mol. The van der Waals surface area contributed by atoms with Gasteiger partial charge >= 0.3 is 0 Å². The van der Waals surface area contributed by atoms with Crippen LogP contribution in [0.1, 0.15) is 5.56 Å². The second-order valence-electron chi connectivity index (χ2n) is 3.47. The number of halogens is 1. The van der Waals surface area contributed by atoms with Crippen LogP contribution in [0.2, 0.25) is 0 Å². The summed E-state index contributed by atoms with van der Waals surface area (Å²) < 4.78 is 12.6. The van der Waals surface area contributed by atoms with Gasteiger partial charge in [-0.05, 0) is 31.2 Å². The van der Waals surface area contributed by atoms with E-state index < -0.39 is 0 Å². The maximum Gasteiger partial charge on any atom is 0.123 e. The highest BCUT2D eigenvalue weighted by molar-refractivity contribution is 5.16. The molecular formula is C11H17FN2. The summed E-state index contributed by atoms with van der Waals surface area (Å²) in [6.07, 6.45) is 0.941. The van der Waals surface area contributed by atoms with Crippen molar-refractivity contribution in [2.45, 2.75) is 6.42 Å². The van der Waals surface area contributed by atoms with Crippen LogP contribution < -0.4 is 5.73 Å². The maximum atomic E-state index is 12.6. The van der Waals surface area contributed by atoms with Crippen LogP contribution in [0.25, 0.3) is 0 Å². The molecule has 78 valence electrons. The minimum absolute atomic E-state index is 0.177. The molecule has 3 heteroatoms. The van der Waals surface area contributed by atoms with E-state index in [1.165, 1.54) is 12.1 Å². The number of benzene rings is 1. The van der Waals surface area contributed by atoms with Gasteiger partial charge in [-0.1, -0.05) is 12.1 Å². The largest absolute Gasteiger partial charge is 0.329 e. The molecule has 0 spiro atoms. The average molecular weight is 196 g/mol. The highest BCUT2D eigenvalue weighted by Crippen LogP contribution is 2.03. The summed E-state index contributed by atoms with van der Waals surface area (Å²) in [5.41, 5.74) is 6.59. The Morgan fingerprint density at radius 2 is 1.86 bits per heavy atom. The number of nitrogens with zero attached hydrogens (tertiary/aromatic N) is 1. The molecule has 0 radical (unpaired) electrons. The van der Waals surface area contributed by atoms with E-state index in [0.29, 0.717) is 6.54 Å². The smallest absolute Gasteiger partial charge is 0.123 e. The van der Waals surface area contributed by atoms with Crippen LogP contribution in [-0.2, 0) is 6.42 Å². The first-order valence-electron chi connectivity index (χ1n) is 4.85. The van der Waals surface area contributed by atoms with Crippen LogP contribution in [0.5, 0.6) is 0 Å². The summed E-state index contributed by atoms with van der Waals surface area (Å²) in [5, 5.41) is 0. The van der Waals surface area contributed by atoms with Crippen molar-refractivity contribution < 1.29 is 4.39 Å². The molecule has 0 aromatic heterocycles. The van der Waals surface area contributed by atoms with Crippen LogP contribution in [0.15, 0.2) is 24.3 Å². The molecule has 0 atom stereocenters. The van der Waals surface area contributed by atoms with Crippen LogP contribution >= 0.6 is 0 Å². The van der Waals surface area contributed by atoms with E-state index in [4.69, 9.17) is 5.73 Å². The lowest BCUT2D eigenvalue weighted by atomic mass is 10.1. The molecule has 1 aromatic rings. The molecule has 0 aliphatic heterocycles. The summed E-state index contributed by atoms with van der Waals surface area (Å²) in [6.45, 7) is 2.55. The van der Waals surface area contributed by atoms with Crippen molar-refractivity contribution in [2.24, 2.45) is 5.73 Å². The summed E-state index contributed by atoms with van der Waals surface area (Å²) in [6, 6.07) is 6.65. The number of rotatable bonds is 5. The third-order valence-electron chi connectivity index (χ3n) is 2.21. The number of nitrogens with two attached hydrogens (primary N) is 1. The van der Waals surface area contributed by atoms with Crippen molar-refractivity contribution in [3.63, 3.8) is 0 Å². The first kappa shape index (κ1) is 11.1. The minimum Gasteiger partial charge on any atom is -0.329 e. The number of hydrogen-bond donors (Lipinski definition) is 1. The fourth-order valence-corrected chi connectivity index (χ4v) is 1.30. The normalized spacial score (nSPS) is 10.9. The first-order valence-corrected chi connectivity index (χ1v) is 4.85. The van der Waals surface area contributed by atoms with Gasteiger partial charge in [0.05, 0.1) is 0 Å². The molecule has 1 rings (SSSR count). The first-order chi connectivity index (χ1) is 6.72. The molecular weight excluding hydrogens is 179 g/mol. The lowest BCUT2D eigenvalue weighted by Gasteiger charge is -2.14. The van der Waals surface area contributed by atoms with Gasteiger partial charge in [-0.2, -0.15) is 0 Å². The third-order valence-corrected chi connectivity index (χ3v) is 2.21. The van der Waals surface area contributed by atoms with Crippen molar-refractivity contribution in [1.29, 1.82) is 0 Å². The predicted octanol–water partition coefficient (Wildman–Crippen LogP) is 1.26.